The number of ether oxygens (including phenoxy) is 1. The maximum atomic E-state index is 12.0. The van der Waals surface area contributed by atoms with Crippen LogP contribution in [0.1, 0.15) is 30.8 Å². The number of benzene rings is 1. The van der Waals surface area contributed by atoms with E-state index in [4.69, 9.17) is 9.15 Å². The van der Waals surface area contributed by atoms with Gasteiger partial charge < -0.3 is 19.8 Å². The molecule has 0 aliphatic heterocycles. The number of furan rings is 1. The van der Waals surface area contributed by atoms with Gasteiger partial charge in [0.15, 0.2) is 5.76 Å². The van der Waals surface area contributed by atoms with Gasteiger partial charge in [-0.2, -0.15) is 0 Å². The van der Waals surface area contributed by atoms with Crippen LogP contribution in [0.4, 0.5) is 11.4 Å². The fourth-order valence-corrected chi connectivity index (χ4v) is 2.06. The summed E-state index contributed by atoms with van der Waals surface area (Å²) in [6.45, 7) is 3.94. The lowest BCUT2D eigenvalue weighted by Gasteiger charge is -2.13. The molecule has 122 valence electrons. The van der Waals surface area contributed by atoms with Crippen LogP contribution in [-0.2, 0) is 4.79 Å². The number of hydrogen-bond acceptors (Lipinski definition) is 4. The topological polar surface area (TPSA) is 80.6 Å². The number of nitrogens with one attached hydrogen (secondary N) is 2. The summed E-state index contributed by atoms with van der Waals surface area (Å²) in [6.07, 6.45) is 1.84. The standard InChI is InChI=1S/C17H20N2O4/c1-11(2)9-16(20)19-13-10-12(6-7-14(13)22-3)18-17(21)15-5-4-8-23-15/h4-8,10-11H,9H2,1-3H3,(H,18,21)(H,19,20). The third-order valence-corrected chi connectivity index (χ3v) is 3.07. The minimum absolute atomic E-state index is 0.104. The van der Waals surface area contributed by atoms with Crippen LogP contribution < -0.4 is 15.4 Å². The summed E-state index contributed by atoms with van der Waals surface area (Å²) in [6, 6.07) is 8.24. The van der Waals surface area contributed by atoms with Crippen LogP contribution >= 0.6 is 0 Å². The van der Waals surface area contributed by atoms with Gasteiger partial charge >= 0.3 is 0 Å². The Bertz CT molecular complexity index is 678. The molecule has 0 unspecified atom stereocenters. The molecule has 0 spiro atoms. The molecule has 2 N–H and O–H groups in total. The number of amides is 2. The molecule has 23 heavy (non-hydrogen) atoms. The summed E-state index contributed by atoms with van der Waals surface area (Å²) in [4.78, 5) is 23.9. The number of carbonyl (C=O) groups is 2. The maximum absolute atomic E-state index is 12.0. The first-order valence-electron chi connectivity index (χ1n) is 7.32. The van der Waals surface area contributed by atoms with Crippen molar-refractivity contribution in [2.75, 3.05) is 17.7 Å². The molecule has 0 saturated heterocycles. The molecule has 6 nitrogen and oxygen atoms in total. The average Bonchev–Trinajstić information content (AvgIpc) is 3.01. The van der Waals surface area contributed by atoms with Crippen molar-refractivity contribution in [3.8, 4) is 5.75 Å². The Kier molecular flexibility index (Phi) is 5.41. The van der Waals surface area contributed by atoms with Gasteiger partial charge in [-0.1, -0.05) is 13.8 Å². The third kappa shape index (κ3) is 4.60. The Morgan fingerprint density at radius 2 is 2.00 bits per heavy atom. The van der Waals surface area contributed by atoms with E-state index in [9.17, 15) is 9.59 Å². The Hall–Kier alpha value is -2.76. The Morgan fingerprint density at radius 1 is 1.22 bits per heavy atom. The van der Waals surface area contributed by atoms with Crippen LogP contribution in [0.3, 0.4) is 0 Å². The van der Waals surface area contributed by atoms with E-state index >= 15 is 0 Å². The van der Waals surface area contributed by atoms with Crippen LogP contribution in [0.2, 0.25) is 0 Å². The second-order valence-electron chi connectivity index (χ2n) is 5.49. The molecule has 0 fully saturated rings. The minimum atomic E-state index is -0.361. The average molecular weight is 316 g/mol. The Balaban J connectivity index is 2.14. The lowest BCUT2D eigenvalue weighted by atomic mass is 10.1. The highest BCUT2D eigenvalue weighted by molar-refractivity contribution is 6.03. The first kappa shape index (κ1) is 16.6. The van der Waals surface area contributed by atoms with Gasteiger partial charge in [-0.05, 0) is 36.2 Å². The van der Waals surface area contributed by atoms with Gasteiger partial charge in [-0.15, -0.1) is 0 Å². The molecule has 0 aliphatic rings. The molecule has 2 rings (SSSR count). The van der Waals surface area contributed by atoms with Gasteiger partial charge in [0.2, 0.25) is 5.91 Å². The van der Waals surface area contributed by atoms with Crippen LogP contribution in [0.15, 0.2) is 41.0 Å². The van der Waals surface area contributed by atoms with Crippen molar-refractivity contribution >= 4 is 23.2 Å². The zero-order chi connectivity index (χ0) is 16.8. The smallest absolute Gasteiger partial charge is 0.291 e. The molecule has 1 heterocycles. The Morgan fingerprint density at radius 3 is 2.61 bits per heavy atom. The van der Waals surface area contributed by atoms with E-state index in [1.54, 1.807) is 30.3 Å². The summed E-state index contributed by atoms with van der Waals surface area (Å²) in [5.41, 5.74) is 1.04. The van der Waals surface area contributed by atoms with Crippen LogP contribution in [0.25, 0.3) is 0 Å². The van der Waals surface area contributed by atoms with E-state index in [0.717, 1.165) is 0 Å². The van der Waals surface area contributed by atoms with E-state index in [1.807, 2.05) is 13.8 Å². The van der Waals surface area contributed by atoms with E-state index in [0.29, 0.717) is 23.5 Å². The lowest BCUT2D eigenvalue weighted by Crippen LogP contribution is -2.15. The summed E-state index contributed by atoms with van der Waals surface area (Å²) < 4.78 is 10.3. The molecule has 0 aliphatic carbocycles. The third-order valence-electron chi connectivity index (χ3n) is 3.07. The van der Waals surface area contributed by atoms with Crippen molar-refractivity contribution < 1.29 is 18.7 Å². The Labute approximate surface area is 134 Å². The molecular formula is C17H20N2O4. The van der Waals surface area contributed by atoms with Gasteiger partial charge in [0.05, 0.1) is 19.1 Å². The zero-order valence-corrected chi connectivity index (χ0v) is 13.4. The largest absolute Gasteiger partial charge is 0.495 e. The first-order valence-corrected chi connectivity index (χ1v) is 7.32. The molecule has 6 heteroatoms. The first-order chi connectivity index (χ1) is 11.0. The SMILES string of the molecule is COc1ccc(NC(=O)c2ccco2)cc1NC(=O)CC(C)C. The molecule has 0 saturated carbocycles. The van der Waals surface area contributed by atoms with Crippen molar-refractivity contribution in [2.45, 2.75) is 20.3 Å². The zero-order valence-electron chi connectivity index (χ0n) is 13.4. The minimum Gasteiger partial charge on any atom is -0.495 e. The summed E-state index contributed by atoms with van der Waals surface area (Å²) >= 11 is 0. The van der Waals surface area contributed by atoms with E-state index in [1.165, 1.54) is 13.4 Å². The highest BCUT2D eigenvalue weighted by Crippen LogP contribution is 2.28. The maximum Gasteiger partial charge on any atom is 0.291 e. The van der Waals surface area contributed by atoms with E-state index < -0.39 is 0 Å². The van der Waals surface area contributed by atoms with Gasteiger partial charge in [0.25, 0.3) is 5.91 Å². The fourth-order valence-electron chi connectivity index (χ4n) is 2.06. The predicted octanol–water partition coefficient (Wildman–Crippen LogP) is 3.53. The molecular weight excluding hydrogens is 296 g/mol. The van der Waals surface area contributed by atoms with Crippen molar-refractivity contribution in [3.63, 3.8) is 0 Å². The second kappa shape index (κ2) is 7.49. The second-order valence-corrected chi connectivity index (χ2v) is 5.49. The number of carbonyl (C=O) groups excluding carboxylic acids is 2. The van der Waals surface area contributed by atoms with Gasteiger partial charge in [0, 0.05) is 12.1 Å². The van der Waals surface area contributed by atoms with Gasteiger partial charge in [0.1, 0.15) is 5.75 Å². The number of anilines is 2. The summed E-state index contributed by atoms with van der Waals surface area (Å²) in [5, 5.41) is 5.51. The summed E-state index contributed by atoms with van der Waals surface area (Å²) in [7, 11) is 1.52. The molecule has 2 amide bonds. The molecule has 0 atom stereocenters. The quantitative estimate of drug-likeness (QED) is 0.854. The fraction of sp³-hybridized carbons (Fsp3) is 0.294. The van der Waals surface area contributed by atoms with Crippen molar-refractivity contribution in [2.24, 2.45) is 5.92 Å². The molecule has 2 aromatic rings. The normalized spacial score (nSPS) is 10.4. The number of hydrogen-bond donors (Lipinski definition) is 2. The monoisotopic (exact) mass is 316 g/mol. The predicted molar refractivity (Wildman–Crippen MR) is 87.7 cm³/mol. The van der Waals surface area contributed by atoms with Crippen LogP contribution in [-0.4, -0.2) is 18.9 Å². The van der Waals surface area contributed by atoms with Crippen molar-refractivity contribution in [1.29, 1.82) is 0 Å². The molecule has 1 aromatic carbocycles. The highest BCUT2D eigenvalue weighted by atomic mass is 16.5. The van der Waals surface area contributed by atoms with Crippen molar-refractivity contribution in [1.82, 2.24) is 0 Å². The molecule has 0 bridgehead atoms. The summed E-state index contributed by atoms with van der Waals surface area (Å²) in [5.74, 6) is 0.527. The number of rotatable bonds is 6. The lowest BCUT2D eigenvalue weighted by molar-refractivity contribution is -0.116. The van der Waals surface area contributed by atoms with E-state index in [2.05, 4.69) is 10.6 Å². The highest BCUT2D eigenvalue weighted by Gasteiger charge is 2.13. The van der Waals surface area contributed by atoms with Gasteiger partial charge in [-0.25, -0.2) is 0 Å². The van der Waals surface area contributed by atoms with E-state index in [-0.39, 0.29) is 23.5 Å². The van der Waals surface area contributed by atoms with Crippen LogP contribution in [0.5, 0.6) is 5.75 Å². The molecule has 0 radical (unpaired) electrons. The van der Waals surface area contributed by atoms with Crippen molar-refractivity contribution in [3.05, 3.63) is 42.4 Å². The van der Waals surface area contributed by atoms with Crippen LogP contribution in [0, 0.1) is 5.92 Å². The van der Waals surface area contributed by atoms with Gasteiger partial charge in [-0.3, -0.25) is 9.59 Å². The molecule has 1 aromatic heterocycles. The number of methoxy groups -OCH3 is 1.